The van der Waals surface area contributed by atoms with E-state index < -0.39 is 11.9 Å². The molecule has 0 aliphatic rings. The molecule has 3 aromatic rings. The summed E-state index contributed by atoms with van der Waals surface area (Å²) in [7, 11) is 1.56. The van der Waals surface area contributed by atoms with Crippen LogP contribution in [0.5, 0.6) is 5.75 Å². The predicted molar refractivity (Wildman–Crippen MR) is 126 cm³/mol. The van der Waals surface area contributed by atoms with Crippen LogP contribution < -0.4 is 15.4 Å². The van der Waals surface area contributed by atoms with Crippen LogP contribution in [-0.4, -0.2) is 31.5 Å². The summed E-state index contributed by atoms with van der Waals surface area (Å²) in [6.45, 7) is 5.27. The second-order valence-corrected chi connectivity index (χ2v) is 7.87. The van der Waals surface area contributed by atoms with Gasteiger partial charge in [-0.25, -0.2) is 4.79 Å². The molecular formula is C24H24N2O5S. The maximum atomic E-state index is 12.9. The molecule has 0 radical (unpaired) electrons. The lowest BCUT2D eigenvalue weighted by Gasteiger charge is -2.12. The quantitative estimate of drug-likeness (QED) is 0.485. The Balaban J connectivity index is 2.01. The number of hydrogen-bond donors (Lipinski definition) is 2. The number of thiophene rings is 1. The zero-order valence-corrected chi connectivity index (χ0v) is 19.1. The summed E-state index contributed by atoms with van der Waals surface area (Å²) in [5.74, 6) is -0.566. The summed E-state index contributed by atoms with van der Waals surface area (Å²) in [4.78, 5) is 37.1. The number of rotatable bonds is 7. The lowest BCUT2D eigenvalue weighted by Crippen LogP contribution is -2.15. The Morgan fingerprint density at radius 2 is 1.81 bits per heavy atom. The topological polar surface area (TPSA) is 93.7 Å². The lowest BCUT2D eigenvalue weighted by atomic mass is 10.0. The van der Waals surface area contributed by atoms with Gasteiger partial charge < -0.3 is 20.1 Å². The van der Waals surface area contributed by atoms with Gasteiger partial charge in [0.05, 0.1) is 13.7 Å². The van der Waals surface area contributed by atoms with Crippen molar-refractivity contribution in [3.05, 3.63) is 64.5 Å². The molecule has 0 spiro atoms. The van der Waals surface area contributed by atoms with Crippen LogP contribution in [-0.2, 0) is 9.53 Å². The predicted octanol–water partition coefficient (Wildman–Crippen LogP) is 5.12. The number of amides is 2. The second-order valence-electron chi connectivity index (χ2n) is 6.99. The van der Waals surface area contributed by atoms with Crippen molar-refractivity contribution < 1.29 is 23.9 Å². The molecule has 8 heteroatoms. The molecule has 0 saturated heterocycles. The Morgan fingerprint density at radius 1 is 1.03 bits per heavy atom. The first-order chi connectivity index (χ1) is 15.3. The van der Waals surface area contributed by atoms with Crippen LogP contribution in [0.3, 0.4) is 0 Å². The first-order valence-corrected chi connectivity index (χ1v) is 10.8. The smallest absolute Gasteiger partial charge is 0.341 e. The highest BCUT2D eigenvalue weighted by Gasteiger charge is 2.25. The van der Waals surface area contributed by atoms with E-state index in [-0.39, 0.29) is 18.1 Å². The minimum atomic E-state index is -0.533. The molecule has 2 N–H and O–H groups in total. The van der Waals surface area contributed by atoms with Gasteiger partial charge in [0.15, 0.2) is 0 Å². The van der Waals surface area contributed by atoms with Crippen molar-refractivity contribution in [1.82, 2.24) is 0 Å². The minimum Gasteiger partial charge on any atom is -0.496 e. The molecule has 2 amide bonds. The van der Waals surface area contributed by atoms with Crippen LogP contribution in [0.25, 0.3) is 11.1 Å². The first kappa shape index (κ1) is 23.0. The monoisotopic (exact) mass is 452 g/mol. The Morgan fingerprint density at radius 3 is 2.50 bits per heavy atom. The molecule has 32 heavy (non-hydrogen) atoms. The highest BCUT2D eigenvalue weighted by Crippen LogP contribution is 2.40. The van der Waals surface area contributed by atoms with Crippen molar-refractivity contribution in [2.24, 2.45) is 0 Å². The number of anilines is 2. The van der Waals surface area contributed by atoms with Gasteiger partial charge in [0.1, 0.15) is 16.3 Å². The van der Waals surface area contributed by atoms with Crippen molar-refractivity contribution in [2.75, 3.05) is 24.4 Å². The Labute approximate surface area is 190 Å². The number of methoxy groups -OCH3 is 1. The molecule has 0 unspecified atom stereocenters. The number of esters is 1. The standard InChI is InChI=1S/C24H24N2O5S/c1-5-31-24(29)21-19(18-11-14(2)9-10-20(18)30-4)13-32-23(21)26-22(28)16-7-6-8-17(12-16)25-15(3)27/h6-13H,5H2,1-4H3,(H,25,27)(H,26,28). The van der Waals surface area contributed by atoms with E-state index >= 15 is 0 Å². The number of benzene rings is 2. The normalized spacial score (nSPS) is 10.4. The van der Waals surface area contributed by atoms with Crippen LogP contribution in [0.2, 0.25) is 0 Å². The zero-order valence-electron chi connectivity index (χ0n) is 18.3. The fourth-order valence-corrected chi connectivity index (χ4v) is 4.15. The van der Waals surface area contributed by atoms with Crippen LogP contribution in [0.15, 0.2) is 47.8 Å². The van der Waals surface area contributed by atoms with Gasteiger partial charge in [0, 0.05) is 34.7 Å². The average Bonchev–Trinajstić information content (AvgIpc) is 3.17. The molecule has 0 atom stereocenters. The van der Waals surface area contributed by atoms with Crippen molar-refractivity contribution in [1.29, 1.82) is 0 Å². The molecule has 1 aromatic heterocycles. The molecule has 1 heterocycles. The number of nitrogens with one attached hydrogen (secondary N) is 2. The van der Waals surface area contributed by atoms with E-state index in [1.54, 1.807) is 43.7 Å². The fourth-order valence-electron chi connectivity index (χ4n) is 3.20. The van der Waals surface area contributed by atoms with Crippen LogP contribution in [0.4, 0.5) is 10.7 Å². The van der Waals surface area contributed by atoms with E-state index in [1.165, 1.54) is 18.3 Å². The van der Waals surface area contributed by atoms with Crippen LogP contribution in [0.1, 0.15) is 40.1 Å². The van der Waals surface area contributed by atoms with Gasteiger partial charge in [-0.15, -0.1) is 11.3 Å². The Bertz CT molecular complexity index is 1170. The SMILES string of the molecule is CCOC(=O)c1c(-c2cc(C)ccc2OC)csc1NC(=O)c1cccc(NC(C)=O)c1. The summed E-state index contributed by atoms with van der Waals surface area (Å²) < 4.78 is 10.8. The molecule has 0 fully saturated rings. The lowest BCUT2D eigenvalue weighted by molar-refractivity contribution is -0.114. The van der Waals surface area contributed by atoms with Gasteiger partial charge in [-0.1, -0.05) is 17.7 Å². The molecule has 0 bridgehead atoms. The molecule has 0 saturated carbocycles. The molecule has 0 aliphatic carbocycles. The summed E-state index contributed by atoms with van der Waals surface area (Å²) in [5.41, 5.74) is 3.48. The number of aryl methyl sites for hydroxylation is 1. The van der Waals surface area contributed by atoms with Gasteiger partial charge in [0.25, 0.3) is 5.91 Å². The van der Waals surface area contributed by atoms with Crippen LogP contribution in [0, 0.1) is 6.92 Å². The molecule has 3 rings (SSSR count). The number of carbonyl (C=O) groups is 3. The summed E-state index contributed by atoms with van der Waals surface area (Å²) in [6, 6.07) is 12.2. The number of carbonyl (C=O) groups excluding carboxylic acids is 3. The van der Waals surface area contributed by atoms with E-state index in [1.807, 2.05) is 25.1 Å². The number of ether oxygens (including phenoxy) is 2. The largest absolute Gasteiger partial charge is 0.496 e. The third-order valence-corrected chi connectivity index (χ3v) is 5.48. The van der Waals surface area contributed by atoms with E-state index in [4.69, 9.17) is 9.47 Å². The van der Waals surface area contributed by atoms with Gasteiger partial charge in [-0.05, 0) is 44.2 Å². The zero-order chi connectivity index (χ0) is 23.3. The highest BCUT2D eigenvalue weighted by atomic mass is 32.1. The maximum absolute atomic E-state index is 12.9. The second kappa shape index (κ2) is 10.1. The van der Waals surface area contributed by atoms with Crippen molar-refractivity contribution in [3.8, 4) is 16.9 Å². The van der Waals surface area contributed by atoms with Gasteiger partial charge in [0.2, 0.25) is 5.91 Å². The summed E-state index contributed by atoms with van der Waals surface area (Å²) >= 11 is 1.23. The van der Waals surface area contributed by atoms with E-state index in [0.717, 1.165) is 11.1 Å². The van der Waals surface area contributed by atoms with Crippen molar-refractivity contribution in [2.45, 2.75) is 20.8 Å². The Kier molecular flexibility index (Phi) is 7.27. The van der Waals surface area contributed by atoms with Gasteiger partial charge in [-0.2, -0.15) is 0 Å². The van der Waals surface area contributed by atoms with E-state index in [2.05, 4.69) is 10.6 Å². The van der Waals surface area contributed by atoms with E-state index in [9.17, 15) is 14.4 Å². The van der Waals surface area contributed by atoms with Gasteiger partial charge >= 0.3 is 5.97 Å². The third kappa shape index (κ3) is 5.15. The highest BCUT2D eigenvalue weighted by molar-refractivity contribution is 7.15. The fraction of sp³-hybridized carbons (Fsp3) is 0.208. The maximum Gasteiger partial charge on any atom is 0.341 e. The minimum absolute atomic E-state index is 0.200. The molecule has 2 aromatic carbocycles. The average molecular weight is 453 g/mol. The van der Waals surface area contributed by atoms with Crippen LogP contribution >= 0.6 is 11.3 Å². The molecule has 0 aliphatic heterocycles. The third-order valence-electron chi connectivity index (χ3n) is 4.59. The molecule has 7 nitrogen and oxygen atoms in total. The summed E-state index contributed by atoms with van der Waals surface area (Å²) in [5, 5.41) is 7.63. The van der Waals surface area contributed by atoms with Crippen molar-refractivity contribution >= 4 is 39.8 Å². The molecular weight excluding hydrogens is 428 g/mol. The Hall–Kier alpha value is -3.65. The number of hydrogen-bond acceptors (Lipinski definition) is 6. The van der Waals surface area contributed by atoms with Gasteiger partial charge in [-0.3, -0.25) is 9.59 Å². The first-order valence-electron chi connectivity index (χ1n) is 9.96. The van der Waals surface area contributed by atoms with E-state index in [0.29, 0.717) is 27.6 Å². The van der Waals surface area contributed by atoms with Crippen molar-refractivity contribution in [3.63, 3.8) is 0 Å². The summed E-state index contributed by atoms with van der Waals surface area (Å²) in [6.07, 6.45) is 0. The molecule has 166 valence electrons.